The third-order valence-electron chi connectivity index (χ3n) is 2.40. The summed E-state index contributed by atoms with van der Waals surface area (Å²) in [6.45, 7) is 4.90. The van der Waals surface area contributed by atoms with Gasteiger partial charge in [-0.25, -0.2) is 4.39 Å². The average Bonchev–Trinajstić information content (AvgIpc) is 2.24. The highest BCUT2D eigenvalue weighted by molar-refractivity contribution is 6.06. The maximum Gasteiger partial charge on any atom is 0.126 e. The molecule has 0 aliphatic carbocycles. The van der Waals surface area contributed by atoms with E-state index in [1.165, 1.54) is 12.1 Å². The molecule has 0 aromatic heterocycles. The lowest BCUT2D eigenvalue weighted by Gasteiger charge is -2.23. The maximum absolute atomic E-state index is 13.1. The first-order valence-corrected chi connectivity index (χ1v) is 4.82. The van der Waals surface area contributed by atoms with Gasteiger partial charge >= 0.3 is 0 Å². The summed E-state index contributed by atoms with van der Waals surface area (Å²) in [6.07, 6.45) is 0. The Kier molecular flexibility index (Phi) is 3.62. The van der Waals surface area contributed by atoms with Crippen molar-refractivity contribution in [2.45, 2.75) is 26.3 Å². The molecule has 0 radical (unpaired) electrons. The third kappa shape index (κ3) is 2.37. The van der Waals surface area contributed by atoms with Crippen molar-refractivity contribution in [2.75, 3.05) is 0 Å². The Labute approximate surface area is 93.4 Å². The van der Waals surface area contributed by atoms with Gasteiger partial charge in [0.25, 0.3) is 0 Å². The van der Waals surface area contributed by atoms with Gasteiger partial charge in [0.1, 0.15) is 11.5 Å². The van der Waals surface area contributed by atoms with E-state index in [4.69, 9.17) is 10.4 Å². The SMILES string of the molecule is Cc1cc(/C(=N\O)C(C)(C)NO)ccc1F. The van der Waals surface area contributed by atoms with Gasteiger partial charge in [0, 0.05) is 5.56 Å². The van der Waals surface area contributed by atoms with Gasteiger partial charge in [-0.05, 0) is 38.5 Å². The fourth-order valence-electron chi connectivity index (χ4n) is 1.39. The summed E-state index contributed by atoms with van der Waals surface area (Å²) in [5.74, 6) is -0.323. The van der Waals surface area contributed by atoms with Crippen LogP contribution < -0.4 is 5.48 Å². The highest BCUT2D eigenvalue weighted by atomic mass is 19.1. The molecule has 5 heteroatoms. The van der Waals surface area contributed by atoms with E-state index in [0.717, 1.165) is 0 Å². The number of rotatable bonds is 3. The number of hydrogen-bond donors (Lipinski definition) is 3. The number of nitrogens with one attached hydrogen (secondary N) is 1. The molecule has 3 N–H and O–H groups in total. The summed E-state index contributed by atoms with van der Waals surface area (Å²) < 4.78 is 13.1. The molecular weight excluding hydrogens is 211 g/mol. The van der Waals surface area contributed by atoms with Gasteiger partial charge in [-0.3, -0.25) is 0 Å². The van der Waals surface area contributed by atoms with E-state index >= 15 is 0 Å². The molecule has 1 aromatic rings. The molecule has 0 aliphatic rings. The van der Waals surface area contributed by atoms with Gasteiger partial charge in [0.05, 0.1) is 5.54 Å². The van der Waals surface area contributed by atoms with Crippen LogP contribution in [0.4, 0.5) is 4.39 Å². The summed E-state index contributed by atoms with van der Waals surface area (Å²) in [6, 6.07) is 4.35. The predicted molar refractivity (Wildman–Crippen MR) is 58.5 cm³/mol. The van der Waals surface area contributed by atoms with Crippen LogP contribution in [0, 0.1) is 12.7 Å². The molecule has 4 nitrogen and oxygen atoms in total. The van der Waals surface area contributed by atoms with Crippen molar-refractivity contribution in [3.05, 3.63) is 35.1 Å². The standard InChI is InChI=1S/C11H15FN2O2/c1-7-6-8(4-5-9(7)12)10(13-15)11(2,3)14-16/h4-6,14-16H,1-3H3/b13-10+. The topological polar surface area (TPSA) is 64.9 Å². The van der Waals surface area contributed by atoms with Gasteiger partial charge in [0.15, 0.2) is 0 Å². The summed E-state index contributed by atoms with van der Waals surface area (Å²) in [5, 5.41) is 21.1. The smallest absolute Gasteiger partial charge is 0.126 e. The van der Waals surface area contributed by atoms with E-state index in [1.54, 1.807) is 26.8 Å². The van der Waals surface area contributed by atoms with E-state index in [2.05, 4.69) is 5.16 Å². The Bertz CT molecular complexity index is 416. The first kappa shape index (κ1) is 12.6. The molecule has 0 fully saturated rings. The molecule has 88 valence electrons. The van der Waals surface area contributed by atoms with Crippen molar-refractivity contribution >= 4 is 5.71 Å². The Morgan fingerprint density at radius 3 is 2.50 bits per heavy atom. The van der Waals surface area contributed by atoms with E-state index in [0.29, 0.717) is 11.1 Å². The molecule has 0 saturated carbocycles. The number of halogens is 1. The molecule has 1 rings (SSSR count). The molecule has 0 amide bonds. The highest BCUT2D eigenvalue weighted by Gasteiger charge is 2.26. The quantitative estimate of drug-likeness (QED) is 0.420. The van der Waals surface area contributed by atoms with Crippen LogP contribution in [0.15, 0.2) is 23.4 Å². The lowest BCUT2D eigenvalue weighted by molar-refractivity contribution is 0.113. The van der Waals surface area contributed by atoms with Gasteiger partial charge in [-0.15, -0.1) is 0 Å². The van der Waals surface area contributed by atoms with Crippen LogP contribution in [0.1, 0.15) is 25.0 Å². The summed E-state index contributed by atoms with van der Waals surface area (Å²) in [5.41, 5.74) is 2.36. The lowest BCUT2D eigenvalue weighted by Crippen LogP contribution is -2.45. The zero-order chi connectivity index (χ0) is 12.3. The summed E-state index contributed by atoms with van der Waals surface area (Å²) >= 11 is 0. The molecular formula is C11H15FN2O2. The van der Waals surface area contributed by atoms with Crippen molar-refractivity contribution < 1.29 is 14.8 Å². The minimum atomic E-state index is -0.918. The van der Waals surface area contributed by atoms with Crippen molar-refractivity contribution in [1.82, 2.24) is 5.48 Å². The molecule has 16 heavy (non-hydrogen) atoms. The Morgan fingerprint density at radius 1 is 1.44 bits per heavy atom. The minimum Gasteiger partial charge on any atom is -0.411 e. The molecule has 0 unspecified atom stereocenters. The second kappa shape index (κ2) is 4.59. The lowest BCUT2D eigenvalue weighted by atomic mass is 9.92. The number of oxime groups is 1. The minimum absolute atomic E-state index is 0.234. The Morgan fingerprint density at radius 2 is 2.06 bits per heavy atom. The second-order valence-electron chi connectivity index (χ2n) is 4.15. The molecule has 0 aliphatic heterocycles. The highest BCUT2D eigenvalue weighted by Crippen LogP contribution is 2.16. The second-order valence-corrected chi connectivity index (χ2v) is 4.15. The zero-order valence-electron chi connectivity index (χ0n) is 9.45. The zero-order valence-corrected chi connectivity index (χ0v) is 9.45. The van der Waals surface area contributed by atoms with Gasteiger partial charge < -0.3 is 10.4 Å². The Hall–Kier alpha value is -1.46. The van der Waals surface area contributed by atoms with Crippen molar-refractivity contribution in [3.8, 4) is 0 Å². The average molecular weight is 226 g/mol. The molecule has 0 atom stereocenters. The van der Waals surface area contributed by atoms with Crippen molar-refractivity contribution in [1.29, 1.82) is 0 Å². The molecule has 1 aromatic carbocycles. The van der Waals surface area contributed by atoms with Crippen LogP contribution in [0.2, 0.25) is 0 Å². The van der Waals surface area contributed by atoms with Crippen LogP contribution in [-0.4, -0.2) is 21.7 Å². The van der Waals surface area contributed by atoms with Crippen molar-refractivity contribution in [2.24, 2.45) is 5.16 Å². The van der Waals surface area contributed by atoms with Crippen LogP contribution >= 0.6 is 0 Å². The monoisotopic (exact) mass is 226 g/mol. The van der Waals surface area contributed by atoms with Crippen LogP contribution in [-0.2, 0) is 0 Å². The maximum atomic E-state index is 13.1. The van der Waals surface area contributed by atoms with E-state index in [9.17, 15) is 4.39 Å². The number of nitrogens with zero attached hydrogens (tertiary/aromatic N) is 1. The third-order valence-corrected chi connectivity index (χ3v) is 2.40. The van der Waals surface area contributed by atoms with E-state index in [-0.39, 0.29) is 11.5 Å². The number of hydrogen-bond acceptors (Lipinski definition) is 4. The van der Waals surface area contributed by atoms with Crippen LogP contribution in [0.5, 0.6) is 0 Å². The van der Waals surface area contributed by atoms with Gasteiger partial charge in [0.2, 0.25) is 0 Å². The van der Waals surface area contributed by atoms with Crippen molar-refractivity contribution in [3.63, 3.8) is 0 Å². The normalized spacial score (nSPS) is 12.9. The molecule has 0 spiro atoms. The van der Waals surface area contributed by atoms with E-state index < -0.39 is 5.54 Å². The first-order valence-electron chi connectivity index (χ1n) is 4.82. The number of aryl methyl sites for hydroxylation is 1. The molecule has 0 saturated heterocycles. The summed E-state index contributed by atoms with van der Waals surface area (Å²) in [4.78, 5) is 0. The number of benzene rings is 1. The largest absolute Gasteiger partial charge is 0.411 e. The first-order chi connectivity index (χ1) is 7.42. The summed E-state index contributed by atoms with van der Waals surface area (Å²) in [7, 11) is 0. The van der Waals surface area contributed by atoms with E-state index in [1.807, 2.05) is 5.48 Å². The molecule has 0 heterocycles. The predicted octanol–water partition coefficient (Wildman–Crippen LogP) is 2.07. The van der Waals surface area contributed by atoms with Crippen LogP contribution in [0.3, 0.4) is 0 Å². The van der Waals surface area contributed by atoms with Crippen LogP contribution in [0.25, 0.3) is 0 Å². The molecule has 0 bridgehead atoms. The fraction of sp³-hybridized carbons (Fsp3) is 0.364. The fourth-order valence-corrected chi connectivity index (χ4v) is 1.39. The number of hydroxylamine groups is 1. The van der Waals surface area contributed by atoms with Gasteiger partial charge in [-0.2, -0.15) is 5.48 Å². The van der Waals surface area contributed by atoms with Gasteiger partial charge in [-0.1, -0.05) is 11.2 Å². The Balaban J connectivity index is 3.21.